The fourth-order valence-electron chi connectivity index (χ4n) is 4.88. The van der Waals surface area contributed by atoms with E-state index in [0.29, 0.717) is 18.6 Å². The average Bonchev–Trinajstić information content (AvgIpc) is 2.59. The summed E-state index contributed by atoms with van der Waals surface area (Å²) < 4.78 is 0. The molecule has 1 fully saturated rings. The lowest BCUT2D eigenvalue weighted by Gasteiger charge is -2.51. The van der Waals surface area contributed by atoms with Crippen LogP contribution in [0.3, 0.4) is 0 Å². The van der Waals surface area contributed by atoms with Crippen LogP contribution in [-0.4, -0.2) is 27.0 Å². The number of benzene rings is 1. The van der Waals surface area contributed by atoms with Crippen molar-refractivity contribution in [1.82, 2.24) is 0 Å². The van der Waals surface area contributed by atoms with Crippen LogP contribution in [0.25, 0.3) is 0 Å². The third-order valence-electron chi connectivity index (χ3n) is 6.33. The van der Waals surface area contributed by atoms with Crippen molar-refractivity contribution >= 4 is 0 Å². The zero-order valence-electron chi connectivity index (χ0n) is 14.8. The molecule has 23 heavy (non-hydrogen) atoms. The van der Waals surface area contributed by atoms with E-state index in [1.807, 2.05) is 6.07 Å². The first kappa shape index (κ1) is 16.8. The van der Waals surface area contributed by atoms with E-state index < -0.39 is 11.7 Å². The molecule has 0 saturated heterocycles. The van der Waals surface area contributed by atoms with Crippen LogP contribution < -0.4 is 0 Å². The summed E-state index contributed by atoms with van der Waals surface area (Å²) in [6.45, 7) is 8.58. The summed E-state index contributed by atoms with van der Waals surface area (Å²) in [6.07, 6.45) is 3.13. The van der Waals surface area contributed by atoms with Gasteiger partial charge in [-0.25, -0.2) is 0 Å². The maximum absolute atomic E-state index is 11.4. The Morgan fingerprint density at radius 2 is 1.83 bits per heavy atom. The third kappa shape index (κ3) is 2.68. The van der Waals surface area contributed by atoms with Gasteiger partial charge >= 0.3 is 0 Å². The van der Waals surface area contributed by atoms with E-state index in [-0.39, 0.29) is 17.3 Å². The molecule has 0 aromatic heterocycles. The van der Waals surface area contributed by atoms with Gasteiger partial charge in [0.15, 0.2) is 0 Å². The maximum atomic E-state index is 11.4. The van der Waals surface area contributed by atoms with Crippen LogP contribution >= 0.6 is 0 Å². The molecule has 2 aliphatic carbocycles. The van der Waals surface area contributed by atoms with E-state index in [1.165, 1.54) is 5.56 Å². The first-order chi connectivity index (χ1) is 10.6. The van der Waals surface area contributed by atoms with Crippen LogP contribution in [0, 0.1) is 11.3 Å². The Morgan fingerprint density at radius 1 is 1.13 bits per heavy atom. The van der Waals surface area contributed by atoms with Gasteiger partial charge in [0.05, 0.1) is 11.7 Å². The number of aliphatic hydroxyl groups excluding tert-OH is 1. The van der Waals surface area contributed by atoms with Gasteiger partial charge in [0, 0.05) is 6.42 Å². The lowest BCUT2D eigenvalue weighted by atomic mass is 9.58. The molecule has 0 aliphatic heterocycles. The predicted molar refractivity (Wildman–Crippen MR) is 91.7 cm³/mol. The number of phenols is 1. The minimum atomic E-state index is -1.08. The normalized spacial score (nSPS) is 33.0. The van der Waals surface area contributed by atoms with E-state index in [4.69, 9.17) is 0 Å². The van der Waals surface area contributed by atoms with Crippen molar-refractivity contribution < 1.29 is 15.3 Å². The van der Waals surface area contributed by atoms with E-state index in [0.717, 1.165) is 30.4 Å². The number of aromatic hydroxyl groups is 1. The first-order valence-electron chi connectivity index (χ1n) is 8.90. The lowest BCUT2D eigenvalue weighted by molar-refractivity contribution is -0.173. The first-order valence-corrected chi connectivity index (χ1v) is 8.90. The molecule has 0 radical (unpaired) electrons. The Labute approximate surface area is 139 Å². The van der Waals surface area contributed by atoms with Crippen molar-refractivity contribution in [3.8, 4) is 5.75 Å². The Balaban J connectivity index is 2.06. The van der Waals surface area contributed by atoms with Gasteiger partial charge in [0.2, 0.25) is 0 Å². The number of fused-ring (bicyclic) bond motifs is 2. The predicted octanol–water partition coefficient (Wildman–Crippen LogP) is 3.53. The Kier molecular flexibility index (Phi) is 4.01. The van der Waals surface area contributed by atoms with E-state index in [2.05, 4.69) is 33.8 Å². The fraction of sp³-hybridized carbons (Fsp3) is 0.700. The summed E-state index contributed by atoms with van der Waals surface area (Å²) >= 11 is 0. The summed E-state index contributed by atoms with van der Waals surface area (Å²) in [6, 6.07) is 3.93. The molecule has 0 spiro atoms. The molecule has 3 nitrogen and oxygen atoms in total. The zero-order valence-corrected chi connectivity index (χ0v) is 14.8. The van der Waals surface area contributed by atoms with Gasteiger partial charge in [-0.05, 0) is 65.7 Å². The summed E-state index contributed by atoms with van der Waals surface area (Å²) in [5.41, 5.74) is 2.13. The fourth-order valence-corrected chi connectivity index (χ4v) is 4.88. The highest BCUT2D eigenvalue weighted by molar-refractivity contribution is 5.45. The molecule has 3 heteroatoms. The standard InChI is InChI=1S/C20H30O3/c1-12(2)15-9-13-5-6-17-19(3,4)8-7-18(22)20(17,23)11-14(13)10-16(15)21/h9-10,12,17-18,21-23H,5-8,11H2,1-4H3/t17-,18+,20-/m0/s1. The summed E-state index contributed by atoms with van der Waals surface area (Å²) in [5, 5.41) is 32.2. The average molecular weight is 318 g/mol. The van der Waals surface area contributed by atoms with Crippen LogP contribution in [-0.2, 0) is 12.8 Å². The molecule has 0 heterocycles. The third-order valence-corrected chi connectivity index (χ3v) is 6.33. The highest BCUT2D eigenvalue weighted by Gasteiger charge is 2.54. The highest BCUT2D eigenvalue weighted by Crippen LogP contribution is 2.51. The van der Waals surface area contributed by atoms with Crippen molar-refractivity contribution in [2.75, 3.05) is 0 Å². The van der Waals surface area contributed by atoms with Crippen molar-refractivity contribution in [3.63, 3.8) is 0 Å². The van der Waals surface area contributed by atoms with Crippen molar-refractivity contribution in [2.24, 2.45) is 11.3 Å². The second kappa shape index (κ2) is 5.49. The molecule has 128 valence electrons. The van der Waals surface area contributed by atoms with Crippen LogP contribution in [0.4, 0.5) is 0 Å². The van der Waals surface area contributed by atoms with Gasteiger partial charge in [-0.15, -0.1) is 0 Å². The van der Waals surface area contributed by atoms with Crippen LogP contribution in [0.2, 0.25) is 0 Å². The van der Waals surface area contributed by atoms with Gasteiger partial charge in [0.1, 0.15) is 5.75 Å². The molecule has 3 rings (SSSR count). The number of phenolic OH excluding ortho intramolecular Hbond substituents is 1. The molecule has 1 aromatic rings. The Morgan fingerprint density at radius 3 is 2.48 bits per heavy atom. The largest absolute Gasteiger partial charge is 0.508 e. The number of rotatable bonds is 1. The van der Waals surface area contributed by atoms with E-state index in [9.17, 15) is 15.3 Å². The quantitative estimate of drug-likeness (QED) is 0.742. The molecular weight excluding hydrogens is 288 g/mol. The second-order valence-electron chi connectivity index (χ2n) is 8.64. The smallest absolute Gasteiger partial charge is 0.119 e. The zero-order chi connectivity index (χ0) is 17.0. The molecule has 1 saturated carbocycles. The van der Waals surface area contributed by atoms with Gasteiger partial charge in [-0.2, -0.15) is 0 Å². The molecule has 0 unspecified atom stereocenters. The summed E-state index contributed by atoms with van der Waals surface area (Å²) in [5.74, 6) is 0.664. The molecule has 0 bridgehead atoms. The van der Waals surface area contributed by atoms with Gasteiger partial charge in [-0.1, -0.05) is 33.8 Å². The van der Waals surface area contributed by atoms with Crippen LogP contribution in [0.1, 0.15) is 69.6 Å². The van der Waals surface area contributed by atoms with Crippen LogP contribution in [0.15, 0.2) is 12.1 Å². The molecule has 2 aliphatic rings. The number of hydrogen-bond acceptors (Lipinski definition) is 3. The Hall–Kier alpha value is -1.06. The molecular formula is C20H30O3. The van der Waals surface area contributed by atoms with E-state index in [1.54, 1.807) is 0 Å². The van der Waals surface area contributed by atoms with Crippen molar-refractivity contribution in [2.45, 2.75) is 77.4 Å². The lowest BCUT2D eigenvalue weighted by Crippen LogP contribution is -2.58. The van der Waals surface area contributed by atoms with Gasteiger partial charge in [-0.3, -0.25) is 0 Å². The molecule has 3 atom stereocenters. The van der Waals surface area contributed by atoms with Crippen molar-refractivity contribution in [3.05, 3.63) is 28.8 Å². The maximum Gasteiger partial charge on any atom is 0.119 e. The molecule has 3 N–H and O–H groups in total. The summed E-state index contributed by atoms with van der Waals surface area (Å²) in [4.78, 5) is 0. The monoisotopic (exact) mass is 318 g/mol. The number of hydrogen-bond donors (Lipinski definition) is 3. The van der Waals surface area contributed by atoms with E-state index >= 15 is 0 Å². The number of aliphatic hydroxyl groups is 2. The second-order valence-corrected chi connectivity index (χ2v) is 8.64. The Bertz CT molecular complexity index is 605. The minimum absolute atomic E-state index is 0.0267. The van der Waals surface area contributed by atoms with Gasteiger partial charge in [0.25, 0.3) is 0 Å². The van der Waals surface area contributed by atoms with Crippen LogP contribution in [0.5, 0.6) is 5.75 Å². The summed E-state index contributed by atoms with van der Waals surface area (Å²) in [7, 11) is 0. The molecule has 1 aromatic carbocycles. The van der Waals surface area contributed by atoms with Crippen molar-refractivity contribution in [1.29, 1.82) is 0 Å². The highest BCUT2D eigenvalue weighted by atomic mass is 16.3. The topological polar surface area (TPSA) is 60.7 Å². The molecule has 0 amide bonds. The SMILES string of the molecule is CC(C)c1cc2c(cc1O)C[C@@]1(O)[C@H](O)CCC(C)(C)[C@@H]1CC2. The van der Waals surface area contributed by atoms with Gasteiger partial charge < -0.3 is 15.3 Å². The number of aryl methyl sites for hydroxylation is 1. The minimum Gasteiger partial charge on any atom is -0.508 e.